The Bertz CT molecular complexity index is 428. The van der Waals surface area contributed by atoms with Crippen molar-refractivity contribution in [1.82, 2.24) is 4.90 Å². The van der Waals surface area contributed by atoms with Gasteiger partial charge in [-0.25, -0.2) is 4.79 Å². The van der Waals surface area contributed by atoms with Crippen LogP contribution in [0.25, 0.3) is 0 Å². The Morgan fingerprint density at radius 1 is 1.44 bits per heavy atom. The average Bonchev–Trinajstić information content (AvgIpc) is 2.77. The molecule has 1 fully saturated rings. The monoisotopic (exact) mass is 253 g/mol. The van der Waals surface area contributed by atoms with Crippen molar-refractivity contribution in [2.75, 3.05) is 13.1 Å². The van der Waals surface area contributed by atoms with E-state index in [-0.39, 0.29) is 11.8 Å². The van der Waals surface area contributed by atoms with Gasteiger partial charge in [0.15, 0.2) is 0 Å². The fraction of sp³-hybridized carbons (Fsp3) is 0.615. The lowest BCUT2D eigenvalue weighted by Gasteiger charge is -2.38. The van der Waals surface area contributed by atoms with Crippen molar-refractivity contribution in [1.29, 1.82) is 0 Å². The molecule has 0 bridgehead atoms. The van der Waals surface area contributed by atoms with Gasteiger partial charge < -0.3 is 14.6 Å². The smallest absolute Gasteiger partial charge is 0.371 e. The topological polar surface area (TPSA) is 73.9 Å². The summed E-state index contributed by atoms with van der Waals surface area (Å²) in [6, 6.07) is 3.23. The Morgan fingerprint density at radius 2 is 2.06 bits per heavy atom. The Labute approximate surface area is 106 Å². The molecule has 1 unspecified atom stereocenters. The fourth-order valence-electron chi connectivity index (χ4n) is 2.27. The van der Waals surface area contributed by atoms with E-state index >= 15 is 0 Å². The SMILES string of the molecule is CC(c1ccc(C(=O)O)o1)N1CCC(C)(O)CC1. The molecule has 5 heteroatoms. The second-order valence-corrected chi connectivity index (χ2v) is 5.22. The first kappa shape index (κ1) is 13.1. The maximum Gasteiger partial charge on any atom is 0.371 e. The van der Waals surface area contributed by atoms with Crippen molar-refractivity contribution in [3.8, 4) is 0 Å². The molecule has 0 amide bonds. The highest BCUT2D eigenvalue weighted by Crippen LogP contribution is 2.29. The van der Waals surface area contributed by atoms with Crippen molar-refractivity contribution >= 4 is 5.97 Å². The van der Waals surface area contributed by atoms with E-state index in [0.717, 1.165) is 25.9 Å². The summed E-state index contributed by atoms with van der Waals surface area (Å²) in [6.07, 6.45) is 1.45. The van der Waals surface area contributed by atoms with Gasteiger partial charge in [-0.05, 0) is 38.8 Å². The number of hydrogen-bond acceptors (Lipinski definition) is 4. The number of carboxylic acid groups (broad SMARTS) is 1. The van der Waals surface area contributed by atoms with E-state index in [1.165, 1.54) is 6.07 Å². The third-order valence-corrected chi connectivity index (χ3v) is 3.67. The van der Waals surface area contributed by atoms with Crippen molar-refractivity contribution < 1.29 is 19.4 Å². The second kappa shape index (κ2) is 4.74. The molecular formula is C13H19NO4. The maximum atomic E-state index is 10.8. The van der Waals surface area contributed by atoms with Gasteiger partial charge in [0.25, 0.3) is 0 Å². The predicted octanol–water partition coefficient (Wildman–Crippen LogP) is 1.89. The van der Waals surface area contributed by atoms with Crippen LogP contribution >= 0.6 is 0 Å². The molecule has 0 aliphatic carbocycles. The van der Waals surface area contributed by atoms with Crippen LogP contribution in [0.1, 0.15) is 49.0 Å². The molecule has 1 aliphatic rings. The average molecular weight is 253 g/mol. The normalized spacial score (nSPS) is 21.7. The molecule has 18 heavy (non-hydrogen) atoms. The fourth-order valence-corrected chi connectivity index (χ4v) is 2.27. The predicted molar refractivity (Wildman–Crippen MR) is 65.5 cm³/mol. The van der Waals surface area contributed by atoms with Crippen LogP contribution in [0.3, 0.4) is 0 Å². The number of aromatic carboxylic acids is 1. The van der Waals surface area contributed by atoms with E-state index in [1.807, 2.05) is 13.8 Å². The number of carbonyl (C=O) groups is 1. The second-order valence-electron chi connectivity index (χ2n) is 5.22. The highest BCUT2D eigenvalue weighted by molar-refractivity contribution is 5.84. The van der Waals surface area contributed by atoms with E-state index in [9.17, 15) is 9.90 Å². The third-order valence-electron chi connectivity index (χ3n) is 3.67. The maximum absolute atomic E-state index is 10.8. The number of rotatable bonds is 3. The quantitative estimate of drug-likeness (QED) is 0.860. The van der Waals surface area contributed by atoms with Crippen molar-refractivity contribution in [3.05, 3.63) is 23.7 Å². The summed E-state index contributed by atoms with van der Waals surface area (Å²) < 4.78 is 5.31. The Balaban J connectivity index is 2.03. The standard InChI is InChI=1S/C13H19NO4/c1-9(10-3-4-11(18-10)12(15)16)14-7-5-13(2,17)6-8-14/h3-4,9,17H,5-8H2,1-2H3,(H,15,16). The molecule has 0 saturated carbocycles. The lowest BCUT2D eigenvalue weighted by molar-refractivity contribution is -0.0172. The summed E-state index contributed by atoms with van der Waals surface area (Å²) in [6.45, 7) is 5.42. The zero-order valence-electron chi connectivity index (χ0n) is 10.7. The molecule has 1 aromatic rings. The summed E-state index contributed by atoms with van der Waals surface area (Å²) in [5, 5.41) is 18.7. The number of nitrogens with zero attached hydrogens (tertiary/aromatic N) is 1. The van der Waals surface area contributed by atoms with Gasteiger partial charge in [-0.1, -0.05) is 0 Å². The lowest BCUT2D eigenvalue weighted by Crippen LogP contribution is -2.43. The highest BCUT2D eigenvalue weighted by atomic mass is 16.4. The molecule has 1 aliphatic heterocycles. The van der Waals surface area contributed by atoms with Gasteiger partial charge in [-0.2, -0.15) is 0 Å². The number of carboxylic acids is 1. The van der Waals surface area contributed by atoms with Crippen LogP contribution in [0.4, 0.5) is 0 Å². The highest BCUT2D eigenvalue weighted by Gasteiger charge is 2.30. The van der Waals surface area contributed by atoms with E-state index in [1.54, 1.807) is 6.07 Å². The van der Waals surface area contributed by atoms with Gasteiger partial charge in [0.2, 0.25) is 5.76 Å². The number of aliphatic hydroxyl groups is 1. The lowest BCUT2D eigenvalue weighted by atomic mass is 9.93. The summed E-state index contributed by atoms with van der Waals surface area (Å²) in [5.41, 5.74) is -0.578. The van der Waals surface area contributed by atoms with Gasteiger partial charge in [0.1, 0.15) is 5.76 Å². The van der Waals surface area contributed by atoms with Gasteiger partial charge in [0, 0.05) is 13.1 Å². The third kappa shape index (κ3) is 2.73. The molecule has 100 valence electrons. The van der Waals surface area contributed by atoms with E-state index in [4.69, 9.17) is 9.52 Å². The Kier molecular flexibility index (Phi) is 3.45. The van der Waals surface area contributed by atoms with Crippen LogP contribution in [0.5, 0.6) is 0 Å². The van der Waals surface area contributed by atoms with Crippen LogP contribution in [-0.4, -0.2) is 39.8 Å². The van der Waals surface area contributed by atoms with E-state index in [0.29, 0.717) is 5.76 Å². The first-order valence-corrected chi connectivity index (χ1v) is 6.18. The van der Waals surface area contributed by atoms with E-state index in [2.05, 4.69) is 4.90 Å². The minimum absolute atomic E-state index is 0.0270. The molecule has 1 atom stereocenters. The van der Waals surface area contributed by atoms with Crippen molar-refractivity contribution in [3.63, 3.8) is 0 Å². The zero-order chi connectivity index (χ0) is 13.3. The van der Waals surface area contributed by atoms with Crippen LogP contribution < -0.4 is 0 Å². The summed E-state index contributed by atoms with van der Waals surface area (Å²) in [7, 11) is 0. The van der Waals surface area contributed by atoms with Crippen LogP contribution in [0.15, 0.2) is 16.5 Å². The Morgan fingerprint density at radius 3 is 2.56 bits per heavy atom. The van der Waals surface area contributed by atoms with E-state index < -0.39 is 11.6 Å². The minimum Gasteiger partial charge on any atom is -0.475 e. The summed E-state index contributed by atoms with van der Waals surface area (Å²) >= 11 is 0. The summed E-state index contributed by atoms with van der Waals surface area (Å²) in [5.74, 6) is -0.412. The molecule has 2 heterocycles. The molecule has 2 rings (SSSR count). The van der Waals surface area contributed by atoms with Gasteiger partial charge in [-0.3, -0.25) is 4.90 Å². The molecule has 5 nitrogen and oxygen atoms in total. The van der Waals surface area contributed by atoms with Gasteiger partial charge in [0.05, 0.1) is 11.6 Å². The first-order valence-electron chi connectivity index (χ1n) is 6.18. The van der Waals surface area contributed by atoms with Crippen molar-refractivity contribution in [2.24, 2.45) is 0 Å². The van der Waals surface area contributed by atoms with Gasteiger partial charge in [-0.15, -0.1) is 0 Å². The zero-order valence-corrected chi connectivity index (χ0v) is 10.7. The molecule has 0 radical (unpaired) electrons. The number of piperidine rings is 1. The number of hydrogen-bond donors (Lipinski definition) is 2. The van der Waals surface area contributed by atoms with Crippen LogP contribution in [-0.2, 0) is 0 Å². The largest absolute Gasteiger partial charge is 0.475 e. The first-order chi connectivity index (χ1) is 8.39. The summed E-state index contributed by atoms with van der Waals surface area (Å²) in [4.78, 5) is 13.0. The number of furan rings is 1. The molecule has 1 aromatic heterocycles. The molecule has 0 aromatic carbocycles. The van der Waals surface area contributed by atoms with Gasteiger partial charge >= 0.3 is 5.97 Å². The minimum atomic E-state index is -1.05. The molecule has 1 saturated heterocycles. The molecular weight excluding hydrogens is 234 g/mol. The molecule has 0 spiro atoms. The van der Waals surface area contributed by atoms with Crippen LogP contribution in [0.2, 0.25) is 0 Å². The Hall–Kier alpha value is -1.33. The van der Waals surface area contributed by atoms with Crippen molar-refractivity contribution in [2.45, 2.75) is 38.3 Å². The number of likely N-dealkylation sites (tertiary alicyclic amines) is 1. The van der Waals surface area contributed by atoms with Crippen LogP contribution in [0, 0.1) is 0 Å². The molecule has 2 N–H and O–H groups in total.